The minimum Gasteiger partial charge on any atom is -0.476 e. The number of aromatic nitrogens is 5. The second-order valence-electron chi connectivity index (χ2n) is 27.5. The molecule has 34 heteroatoms. The standard InChI is InChI=1S/C19H23N3O3S.C15H14N4OS.C14H15N3OS.C10H7NO2S.C9H18N2O2.C6H7BO2.C4H2BrNO2S/c1-19(2,3)25-18(24)22-14-9-13(10-14)21-16(23)17-20-11-15(26-17)12-7-5-4-6-8-12;16-9-18-11-6-12(7-11)19-14(20)15-17-8-13(21-15)10-4-2-1-3-5-10;15-10-6-11(7-10)17-13(18)14-16-8-12(19-14)9-4-2-1-3-5-9;12-10(13)9-11-6-8(14-9)7-4-2-1-3-5-7;1-9(2,3)13-8(12)11-7-4-6(10)5-7;8-7(9)6-4-2-1-3-5-6;5-2-1-6-3(9-2)4(7)8/h4-8,11,13-14H,9-10H2,1-3H3,(H,21,23)(H,22,24);1-5,8,11-12,18H,6-7H2,(H,19,20);1-5,8,10-11H,6-7,15H2,(H,17,18);1-6H,(H,12,13);6-7H,4-5,10H2,1-3H3,(H,11,12);1-5,8-9H;1H,(H,7,8). The van der Waals surface area contributed by atoms with Gasteiger partial charge in [-0.15, -0.1) is 56.7 Å². The molecule has 0 atom stereocenters. The molecule has 0 aliphatic heterocycles. The molecule has 10 aromatic rings. The van der Waals surface area contributed by atoms with Gasteiger partial charge in [-0.25, -0.2) is 44.1 Å². The molecule has 4 aliphatic carbocycles. The number of benzene rings is 5. The van der Waals surface area contributed by atoms with E-state index in [0.717, 1.165) is 95.4 Å². The lowest BCUT2D eigenvalue weighted by Crippen LogP contribution is -2.54. The van der Waals surface area contributed by atoms with Crippen molar-refractivity contribution >= 4 is 127 Å². The van der Waals surface area contributed by atoms with Crippen LogP contribution < -0.4 is 48.8 Å². The van der Waals surface area contributed by atoms with Crippen LogP contribution in [0.4, 0.5) is 9.59 Å². The SMILES string of the molecule is CC(C)(C)OC(=O)NC1CC(N)C1.CC(C)(C)OC(=O)NC1CC(NC(=O)c2ncc(-c3ccccc3)s2)C1.N#CNC1CC(NC(=O)c2ncc(-c3ccccc3)s2)C1.NC1CC(NC(=O)c2ncc(-c3ccccc3)s2)C1.O=C(O)c1ncc(-c2ccccc2)s1.O=C(O)c1ncc(Br)s1.OB(O)c1ccccc1. The number of ether oxygens (including phenoxy) is 2. The Hall–Kier alpha value is -10.2. The second kappa shape index (κ2) is 42.3. The molecule has 5 amide bonds. The fourth-order valence-corrected chi connectivity index (χ4v) is 14.8. The van der Waals surface area contributed by atoms with Crippen molar-refractivity contribution in [3.8, 4) is 48.0 Å². The van der Waals surface area contributed by atoms with Crippen LogP contribution in [-0.4, -0.2) is 154 Å². The van der Waals surface area contributed by atoms with Gasteiger partial charge in [0.15, 0.2) is 21.2 Å². The number of nitrogens with one attached hydrogen (secondary N) is 6. The summed E-state index contributed by atoms with van der Waals surface area (Å²) in [5.41, 5.74) is 15.1. The van der Waals surface area contributed by atoms with E-state index in [-0.39, 0.29) is 82.2 Å². The Morgan fingerprint density at radius 3 is 0.955 bits per heavy atom. The molecular weight excluding hydrogens is 1580 g/mol. The van der Waals surface area contributed by atoms with Crippen molar-refractivity contribution < 1.29 is 63.3 Å². The van der Waals surface area contributed by atoms with Gasteiger partial charge in [0, 0.05) is 73.1 Å². The first kappa shape index (κ1) is 86.4. The maximum absolute atomic E-state index is 12.3. The Bertz CT molecular complexity index is 4650. The van der Waals surface area contributed by atoms with E-state index in [1.807, 2.05) is 175 Å². The third-order valence-electron chi connectivity index (χ3n) is 16.1. The summed E-state index contributed by atoms with van der Waals surface area (Å²) in [5.74, 6) is -2.35. The Balaban J connectivity index is 0.000000167. The van der Waals surface area contributed by atoms with Crippen molar-refractivity contribution in [2.24, 2.45) is 11.5 Å². The zero-order valence-corrected chi connectivity index (χ0v) is 67.1. The van der Waals surface area contributed by atoms with Crippen LogP contribution in [-0.2, 0) is 9.47 Å². The zero-order chi connectivity index (χ0) is 80.2. The van der Waals surface area contributed by atoms with E-state index in [1.54, 1.807) is 49.1 Å². The number of carboxylic acids is 2. The number of nitriles is 1. The first-order valence-corrected chi connectivity index (χ1v) is 39.9. The largest absolute Gasteiger partial charge is 0.488 e. The maximum atomic E-state index is 12.3. The van der Waals surface area contributed by atoms with Crippen LogP contribution in [0.1, 0.15) is 142 Å². The highest BCUT2D eigenvalue weighted by Gasteiger charge is 2.35. The number of hydrogen-bond acceptors (Lipinski definition) is 25. The molecule has 0 unspecified atom stereocenters. The van der Waals surface area contributed by atoms with Gasteiger partial charge in [0.1, 0.15) is 11.2 Å². The molecule has 27 nitrogen and oxygen atoms in total. The number of nitrogens with two attached hydrogens (primary N) is 2. The normalized spacial score (nSPS) is 18.1. The number of amides is 5. The van der Waals surface area contributed by atoms with Gasteiger partial charge < -0.3 is 73.1 Å². The van der Waals surface area contributed by atoms with Gasteiger partial charge in [-0.3, -0.25) is 14.4 Å². The summed E-state index contributed by atoms with van der Waals surface area (Å²) in [6.07, 6.45) is 15.8. The lowest BCUT2D eigenvalue weighted by molar-refractivity contribution is 0.0455. The van der Waals surface area contributed by atoms with E-state index in [2.05, 4.69) is 72.8 Å². The van der Waals surface area contributed by atoms with E-state index in [1.165, 1.54) is 51.5 Å². The molecule has 5 aromatic carbocycles. The van der Waals surface area contributed by atoms with E-state index in [0.29, 0.717) is 33.3 Å². The van der Waals surface area contributed by atoms with Gasteiger partial charge in [0.2, 0.25) is 10.0 Å². The summed E-state index contributed by atoms with van der Waals surface area (Å²) in [6, 6.07) is 49.3. The van der Waals surface area contributed by atoms with Crippen LogP contribution in [0.5, 0.6) is 0 Å². The Morgan fingerprint density at radius 2 is 0.694 bits per heavy atom. The highest BCUT2D eigenvalue weighted by molar-refractivity contribution is 9.11. The predicted octanol–water partition coefficient (Wildman–Crippen LogP) is 12.2. The number of carbonyl (C=O) groups excluding carboxylic acids is 5. The topological polar surface area (TPSA) is 431 Å². The third-order valence-corrected chi connectivity index (χ3v) is 21.8. The van der Waals surface area contributed by atoms with Crippen molar-refractivity contribution in [1.29, 1.82) is 5.26 Å². The number of nitrogens with zero attached hydrogens (tertiary/aromatic N) is 6. The highest BCUT2D eigenvalue weighted by Crippen LogP contribution is 2.31. The smallest absolute Gasteiger partial charge is 0.476 e. The number of alkyl carbamates (subject to hydrolysis) is 2. The predicted molar refractivity (Wildman–Crippen MR) is 436 cm³/mol. The zero-order valence-electron chi connectivity index (χ0n) is 61.4. The van der Waals surface area contributed by atoms with Crippen LogP contribution in [0.3, 0.4) is 0 Å². The van der Waals surface area contributed by atoms with Crippen LogP contribution in [0, 0.1) is 11.5 Å². The molecule has 4 fully saturated rings. The van der Waals surface area contributed by atoms with Gasteiger partial charge in [-0.05, 0) is 137 Å². The average Bonchev–Trinajstić information content (AvgIpc) is 1.78. The summed E-state index contributed by atoms with van der Waals surface area (Å²) in [5, 5.41) is 61.5. The highest BCUT2D eigenvalue weighted by atomic mass is 79.9. The van der Waals surface area contributed by atoms with Crippen LogP contribution >= 0.6 is 72.6 Å². The molecule has 582 valence electrons. The van der Waals surface area contributed by atoms with Crippen molar-refractivity contribution in [1.82, 2.24) is 56.8 Å². The summed E-state index contributed by atoms with van der Waals surface area (Å²) in [4.78, 5) is 104. The van der Waals surface area contributed by atoms with E-state index in [9.17, 15) is 33.6 Å². The number of hydrogen-bond donors (Lipinski definition) is 12. The molecule has 4 aliphatic rings. The van der Waals surface area contributed by atoms with Crippen molar-refractivity contribution in [3.05, 3.63) is 211 Å². The van der Waals surface area contributed by atoms with E-state index < -0.39 is 36.4 Å². The molecule has 0 bridgehead atoms. The van der Waals surface area contributed by atoms with Crippen molar-refractivity contribution in [3.63, 3.8) is 0 Å². The molecule has 111 heavy (non-hydrogen) atoms. The van der Waals surface area contributed by atoms with Crippen molar-refractivity contribution in [2.45, 2.75) is 152 Å². The van der Waals surface area contributed by atoms with Crippen LogP contribution in [0.15, 0.2) is 186 Å². The molecule has 14 N–H and O–H groups in total. The van der Waals surface area contributed by atoms with E-state index in [4.69, 9.17) is 46.5 Å². The minimum atomic E-state index is -1.34. The van der Waals surface area contributed by atoms with Crippen LogP contribution in [0.25, 0.3) is 41.8 Å². The number of halogens is 1. The van der Waals surface area contributed by atoms with Gasteiger partial charge in [0.05, 0.1) is 29.5 Å². The summed E-state index contributed by atoms with van der Waals surface area (Å²) in [6.45, 7) is 11.0. The minimum absolute atomic E-state index is 0.0336. The van der Waals surface area contributed by atoms with Gasteiger partial charge in [-0.2, -0.15) is 5.26 Å². The number of rotatable bonds is 16. The monoisotopic (exact) mass is 1660 g/mol. The molecule has 4 saturated carbocycles. The lowest BCUT2D eigenvalue weighted by atomic mass is 9.81. The number of carboxylic acid groups (broad SMARTS) is 2. The Labute approximate surface area is 671 Å². The Morgan fingerprint density at radius 1 is 0.423 bits per heavy atom. The molecule has 5 aromatic heterocycles. The summed E-state index contributed by atoms with van der Waals surface area (Å²) >= 11 is 9.56. The van der Waals surface area contributed by atoms with Gasteiger partial charge in [-0.1, -0.05) is 152 Å². The maximum Gasteiger partial charge on any atom is 0.488 e. The van der Waals surface area contributed by atoms with Crippen LogP contribution in [0.2, 0.25) is 0 Å². The first-order valence-electron chi connectivity index (χ1n) is 35.0. The molecule has 0 spiro atoms. The average molecular weight is 1670 g/mol. The fourth-order valence-electron chi connectivity index (χ4n) is 10.5. The molecule has 5 heterocycles. The third kappa shape index (κ3) is 29.5. The summed E-state index contributed by atoms with van der Waals surface area (Å²) in [7, 11) is -1.34. The van der Waals surface area contributed by atoms with E-state index >= 15 is 0 Å². The van der Waals surface area contributed by atoms with Crippen molar-refractivity contribution in [2.75, 3.05) is 0 Å². The van der Waals surface area contributed by atoms with Gasteiger partial charge >= 0.3 is 31.2 Å². The fraction of sp³-hybridized carbons (Fsp3) is 0.312. The number of aromatic carboxylic acids is 2. The quantitative estimate of drug-likeness (QED) is 0.0243. The molecule has 14 rings (SSSR count). The Kier molecular flexibility index (Phi) is 32.9. The molecular formula is C77H86BBrN14O13S5. The second-order valence-corrected chi connectivity index (χ2v) is 34.0. The number of thiazole rings is 5. The lowest BCUT2D eigenvalue weighted by Gasteiger charge is -2.36. The first-order chi connectivity index (χ1) is 52.9. The molecule has 0 saturated heterocycles. The number of carbonyl (C=O) groups is 7. The van der Waals surface area contributed by atoms with Gasteiger partial charge in [0.25, 0.3) is 17.7 Å². The summed E-state index contributed by atoms with van der Waals surface area (Å²) < 4.78 is 11.1. The molecule has 0 radical (unpaired) electrons.